The fourth-order valence-corrected chi connectivity index (χ4v) is 0.974. The minimum Gasteiger partial charge on any atom is -0.352 e. The van der Waals surface area contributed by atoms with Crippen molar-refractivity contribution in [2.75, 3.05) is 0 Å². The third-order valence-electron chi connectivity index (χ3n) is 1.54. The first-order valence-corrected chi connectivity index (χ1v) is 4.33. The Balaban J connectivity index is 0.000000557. The molecule has 7 heteroatoms. The lowest BCUT2D eigenvalue weighted by atomic mass is 10.2. The van der Waals surface area contributed by atoms with Gasteiger partial charge in [-0.05, 0) is 18.6 Å². The molecule has 0 aliphatic heterocycles. The molecule has 0 bridgehead atoms. The highest BCUT2D eigenvalue weighted by Crippen LogP contribution is 2.30. The third-order valence-corrected chi connectivity index (χ3v) is 1.54. The minimum absolute atomic E-state index is 0.332. The first kappa shape index (κ1) is 14.2. The Morgan fingerprint density at radius 3 is 2.18 bits per heavy atom. The van der Waals surface area contributed by atoms with Crippen LogP contribution in [0.2, 0.25) is 0 Å². The highest BCUT2D eigenvalue weighted by atomic mass is 16.2. The van der Waals surface area contributed by atoms with Gasteiger partial charge in [-0.1, -0.05) is 12.1 Å². The van der Waals surface area contributed by atoms with E-state index in [1.165, 1.54) is 12.2 Å². The van der Waals surface area contributed by atoms with Crippen LogP contribution in [0, 0.1) is 6.92 Å². The van der Waals surface area contributed by atoms with Crippen LogP contribution in [-0.2, 0) is 9.59 Å². The number of nitrogens with zero attached hydrogens (tertiary/aromatic N) is 2. The van der Waals surface area contributed by atoms with Gasteiger partial charge in [0.15, 0.2) is 0 Å². The maximum atomic E-state index is 10.1. The van der Waals surface area contributed by atoms with E-state index in [-0.39, 0.29) is 0 Å². The summed E-state index contributed by atoms with van der Waals surface area (Å²) in [7, 11) is 0. The molecule has 0 fully saturated rings. The molecule has 0 unspecified atom stereocenters. The summed E-state index contributed by atoms with van der Waals surface area (Å²) in [6.45, 7) is 1.76. The van der Waals surface area contributed by atoms with Gasteiger partial charge in [0, 0.05) is 0 Å². The van der Waals surface area contributed by atoms with Crippen molar-refractivity contribution in [2.45, 2.75) is 6.92 Å². The Morgan fingerprint density at radius 1 is 1.18 bits per heavy atom. The van der Waals surface area contributed by atoms with Crippen LogP contribution in [0.25, 0.3) is 0 Å². The van der Waals surface area contributed by atoms with E-state index in [1.807, 2.05) is 0 Å². The molecular formula is C10H10N4O3. The summed E-state index contributed by atoms with van der Waals surface area (Å²) in [6.07, 6.45) is 2.80. The lowest BCUT2D eigenvalue weighted by Crippen LogP contribution is -2.18. The van der Waals surface area contributed by atoms with E-state index in [1.54, 1.807) is 25.1 Å². The first-order valence-electron chi connectivity index (χ1n) is 4.33. The number of amides is 2. The topological polar surface area (TPSA) is 128 Å². The molecule has 0 saturated carbocycles. The van der Waals surface area contributed by atoms with Gasteiger partial charge in [-0.3, -0.25) is 0 Å². The highest BCUT2D eigenvalue weighted by Gasteiger charge is 2.02. The number of rotatable bonds is 2. The molecule has 0 heterocycles. The summed E-state index contributed by atoms with van der Waals surface area (Å²) in [6, 6.07) is 4.23. The number of primary amides is 2. The van der Waals surface area contributed by atoms with E-state index in [0.717, 1.165) is 5.56 Å². The van der Waals surface area contributed by atoms with Crippen LogP contribution in [0.4, 0.5) is 16.2 Å². The van der Waals surface area contributed by atoms with Crippen molar-refractivity contribution < 1.29 is 14.4 Å². The molecule has 0 spiro atoms. The number of aliphatic imine (C=N–C) groups is 2. The molecule has 4 N–H and O–H groups in total. The number of nitrogens with two attached hydrogens (primary N) is 2. The molecule has 0 saturated heterocycles. The van der Waals surface area contributed by atoms with Crippen molar-refractivity contribution in [3.63, 3.8) is 0 Å². The molecule has 2 amide bonds. The lowest BCUT2D eigenvalue weighted by Gasteiger charge is -1.99. The fourth-order valence-electron chi connectivity index (χ4n) is 0.974. The summed E-state index contributed by atoms with van der Waals surface area (Å²) in [5.74, 6) is 0. The minimum atomic E-state index is -0.833. The van der Waals surface area contributed by atoms with Gasteiger partial charge in [0.2, 0.25) is 12.2 Å². The van der Waals surface area contributed by atoms with Crippen LogP contribution in [0.3, 0.4) is 0 Å². The van der Waals surface area contributed by atoms with Crippen molar-refractivity contribution >= 4 is 29.6 Å². The fraction of sp³-hybridized carbons (Fsp3) is 0.100. The summed E-state index contributed by atoms with van der Waals surface area (Å²) in [4.78, 5) is 35.9. The number of benzene rings is 1. The Morgan fingerprint density at radius 2 is 1.71 bits per heavy atom. The van der Waals surface area contributed by atoms with E-state index in [9.17, 15) is 9.59 Å². The molecule has 1 aromatic carbocycles. The van der Waals surface area contributed by atoms with Crippen molar-refractivity contribution in [2.24, 2.45) is 21.5 Å². The predicted octanol–water partition coefficient (Wildman–Crippen LogP) is 0.953. The quantitative estimate of drug-likeness (QED) is 0.583. The molecule has 0 radical (unpaired) electrons. The zero-order valence-corrected chi connectivity index (χ0v) is 9.01. The number of carbonyl (C=O) groups excluding carboxylic acids is 3. The average molecular weight is 234 g/mol. The largest absolute Gasteiger partial charge is 0.352 e. The molecule has 0 aliphatic carbocycles. The van der Waals surface area contributed by atoms with Crippen LogP contribution in [-0.4, -0.2) is 18.2 Å². The first-order chi connectivity index (χ1) is 8.02. The van der Waals surface area contributed by atoms with Crippen LogP contribution < -0.4 is 11.5 Å². The molecule has 0 atom stereocenters. The van der Waals surface area contributed by atoms with Crippen molar-refractivity contribution in [3.05, 3.63) is 23.8 Å². The average Bonchev–Trinajstić information content (AvgIpc) is 2.23. The summed E-state index contributed by atoms with van der Waals surface area (Å²) >= 11 is 0. The SMILES string of the molecule is Cc1cccc(N=C=O)c1N=C=O.NC(N)=O. The monoisotopic (exact) mass is 234 g/mol. The predicted molar refractivity (Wildman–Crippen MR) is 60.5 cm³/mol. The maximum absolute atomic E-state index is 10.1. The number of hydrogen-bond acceptors (Lipinski definition) is 5. The third kappa shape index (κ3) is 5.64. The Hall–Kier alpha value is -2.75. The number of hydrogen-bond donors (Lipinski definition) is 2. The van der Waals surface area contributed by atoms with Gasteiger partial charge < -0.3 is 11.5 Å². The summed E-state index contributed by atoms with van der Waals surface area (Å²) in [5, 5.41) is 0. The zero-order valence-electron chi connectivity index (χ0n) is 9.01. The second-order valence-electron chi connectivity index (χ2n) is 2.75. The normalized spacial score (nSPS) is 7.82. The van der Waals surface area contributed by atoms with Crippen LogP contribution in [0.5, 0.6) is 0 Å². The molecule has 7 nitrogen and oxygen atoms in total. The van der Waals surface area contributed by atoms with E-state index in [4.69, 9.17) is 4.79 Å². The Kier molecular flexibility index (Phi) is 6.31. The number of carbonyl (C=O) groups is 1. The zero-order chi connectivity index (χ0) is 13.3. The van der Waals surface area contributed by atoms with Crippen LogP contribution in [0.1, 0.15) is 5.56 Å². The van der Waals surface area contributed by atoms with Gasteiger partial charge in [0.1, 0.15) is 11.4 Å². The van der Waals surface area contributed by atoms with Gasteiger partial charge in [0.05, 0.1) is 0 Å². The van der Waals surface area contributed by atoms with E-state index >= 15 is 0 Å². The van der Waals surface area contributed by atoms with Crippen LogP contribution >= 0.6 is 0 Å². The number of para-hydroxylation sites is 1. The Labute approximate surface area is 96.9 Å². The molecule has 0 aromatic heterocycles. The van der Waals surface area contributed by atoms with Gasteiger partial charge in [-0.15, -0.1) is 0 Å². The molecule has 17 heavy (non-hydrogen) atoms. The van der Waals surface area contributed by atoms with Crippen LogP contribution in [0.15, 0.2) is 28.2 Å². The van der Waals surface area contributed by atoms with E-state index in [0.29, 0.717) is 11.4 Å². The molecule has 0 aliphatic rings. The molecule has 88 valence electrons. The number of aryl methyl sites for hydroxylation is 1. The maximum Gasteiger partial charge on any atom is 0.309 e. The second-order valence-corrected chi connectivity index (χ2v) is 2.75. The van der Waals surface area contributed by atoms with Gasteiger partial charge in [-0.25, -0.2) is 14.4 Å². The molecule has 1 rings (SSSR count). The number of isocyanates is 2. The Bertz CT molecular complexity index is 496. The summed E-state index contributed by atoms with van der Waals surface area (Å²) in [5.41, 5.74) is 9.96. The van der Waals surface area contributed by atoms with E-state index in [2.05, 4.69) is 21.5 Å². The number of urea groups is 1. The smallest absolute Gasteiger partial charge is 0.309 e. The van der Waals surface area contributed by atoms with Gasteiger partial charge in [-0.2, -0.15) is 9.98 Å². The standard InChI is InChI=1S/C9H6N2O2.CH4N2O/c1-7-3-2-4-8(10-5-12)9(7)11-6-13;2-1(3)4/h2-4H,1H3;(H4,2,3,4). The van der Waals surface area contributed by atoms with Crippen molar-refractivity contribution in [3.8, 4) is 0 Å². The second kappa shape index (κ2) is 7.53. The summed E-state index contributed by atoms with van der Waals surface area (Å²) < 4.78 is 0. The van der Waals surface area contributed by atoms with Crippen molar-refractivity contribution in [1.82, 2.24) is 0 Å². The highest BCUT2D eigenvalue weighted by molar-refractivity contribution is 5.71. The van der Waals surface area contributed by atoms with Gasteiger partial charge >= 0.3 is 6.03 Å². The molecule has 1 aromatic rings. The van der Waals surface area contributed by atoms with Crippen molar-refractivity contribution in [1.29, 1.82) is 0 Å². The molecular weight excluding hydrogens is 224 g/mol. The lowest BCUT2D eigenvalue weighted by molar-refractivity contribution is 0.256. The van der Waals surface area contributed by atoms with Gasteiger partial charge in [0.25, 0.3) is 0 Å². The van der Waals surface area contributed by atoms with E-state index < -0.39 is 6.03 Å².